The fraction of sp³-hybridized carbons (Fsp3) is 0.571. The molecule has 0 aromatic carbocycles. The minimum Gasteiger partial charge on any atom is -0.465 e. The van der Waals surface area contributed by atoms with E-state index in [1.165, 1.54) is 5.56 Å². The molecule has 1 rings (SSSR count). The van der Waals surface area contributed by atoms with Gasteiger partial charge in [0.15, 0.2) is 0 Å². The first-order valence-corrected chi connectivity index (χ1v) is 6.26. The van der Waals surface area contributed by atoms with Crippen LogP contribution in [0.15, 0.2) is 23.1 Å². The molecule has 1 N–H and O–H groups in total. The number of furan rings is 1. The van der Waals surface area contributed by atoms with Gasteiger partial charge in [0.1, 0.15) is 11.5 Å². The molecule has 0 amide bonds. The summed E-state index contributed by atoms with van der Waals surface area (Å²) in [5, 5.41) is 3.14. The first kappa shape index (κ1) is 15.0. The number of nitrogens with one attached hydrogen (secondary N) is 1. The van der Waals surface area contributed by atoms with Crippen molar-refractivity contribution in [2.24, 2.45) is 0 Å². The average molecular weight is 252 g/mol. The Morgan fingerprint density at radius 2 is 2.33 bits per heavy atom. The van der Waals surface area contributed by atoms with Crippen molar-refractivity contribution in [2.75, 3.05) is 33.9 Å². The normalized spacial score (nSPS) is 11.1. The fourth-order valence-electron chi connectivity index (χ4n) is 1.89. The first-order chi connectivity index (χ1) is 8.71. The van der Waals surface area contributed by atoms with Crippen LogP contribution in [-0.2, 0) is 17.8 Å². The van der Waals surface area contributed by atoms with E-state index >= 15 is 0 Å². The molecule has 0 atom stereocenters. The SMILES string of the molecule is C=CCN(CCOC)Cc1cc(CNC)c(C)o1. The Morgan fingerprint density at radius 1 is 1.56 bits per heavy atom. The summed E-state index contributed by atoms with van der Waals surface area (Å²) in [7, 11) is 3.66. The zero-order valence-corrected chi connectivity index (χ0v) is 11.7. The Bertz CT molecular complexity index is 361. The van der Waals surface area contributed by atoms with Gasteiger partial charge >= 0.3 is 0 Å². The van der Waals surface area contributed by atoms with Crippen LogP contribution in [0.3, 0.4) is 0 Å². The third kappa shape index (κ3) is 4.64. The second-order valence-corrected chi connectivity index (χ2v) is 4.34. The molecule has 1 aromatic heterocycles. The van der Waals surface area contributed by atoms with Gasteiger partial charge in [-0.2, -0.15) is 0 Å². The van der Waals surface area contributed by atoms with Crippen molar-refractivity contribution in [2.45, 2.75) is 20.0 Å². The van der Waals surface area contributed by atoms with Gasteiger partial charge in [-0.3, -0.25) is 4.90 Å². The average Bonchev–Trinajstić information content (AvgIpc) is 2.68. The van der Waals surface area contributed by atoms with Crippen LogP contribution < -0.4 is 5.32 Å². The van der Waals surface area contributed by atoms with Crippen molar-refractivity contribution in [3.8, 4) is 0 Å². The van der Waals surface area contributed by atoms with E-state index in [1.807, 2.05) is 20.0 Å². The van der Waals surface area contributed by atoms with Gasteiger partial charge in [-0.25, -0.2) is 0 Å². The number of hydrogen-bond acceptors (Lipinski definition) is 4. The highest BCUT2D eigenvalue weighted by atomic mass is 16.5. The maximum Gasteiger partial charge on any atom is 0.118 e. The highest BCUT2D eigenvalue weighted by Crippen LogP contribution is 2.16. The van der Waals surface area contributed by atoms with Crippen LogP contribution in [0.25, 0.3) is 0 Å². The quantitative estimate of drug-likeness (QED) is 0.682. The lowest BCUT2D eigenvalue weighted by Crippen LogP contribution is -2.26. The molecular weight excluding hydrogens is 228 g/mol. The number of methoxy groups -OCH3 is 1. The van der Waals surface area contributed by atoms with Crippen LogP contribution in [0.4, 0.5) is 0 Å². The summed E-state index contributed by atoms with van der Waals surface area (Å²) < 4.78 is 10.9. The van der Waals surface area contributed by atoms with Crippen LogP contribution in [-0.4, -0.2) is 38.8 Å². The number of ether oxygens (including phenoxy) is 1. The molecule has 1 heterocycles. The third-order valence-corrected chi connectivity index (χ3v) is 2.82. The van der Waals surface area contributed by atoms with Crippen molar-refractivity contribution in [3.63, 3.8) is 0 Å². The lowest BCUT2D eigenvalue weighted by molar-refractivity contribution is 0.146. The summed E-state index contributed by atoms with van der Waals surface area (Å²) in [6.45, 7) is 9.85. The fourth-order valence-corrected chi connectivity index (χ4v) is 1.89. The van der Waals surface area contributed by atoms with Crippen LogP contribution >= 0.6 is 0 Å². The standard InChI is InChI=1S/C14H24N2O2/c1-5-6-16(7-8-17-4)11-14-9-13(10-15-3)12(2)18-14/h5,9,15H,1,6-8,10-11H2,2-4H3. The molecule has 0 aliphatic rings. The van der Waals surface area contributed by atoms with Crippen LogP contribution in [0.2, 0.25) is 0 Å². The van der Waals surface area contributed by atoms with Gasteiger partial charge in [-0.05, 0) is 20.0 Å². The number of hydrogen-bond donors (Lipinski definition) is 1. The molecule has 0 radical (unpaired) electrons. The molecule has 1 aromatic rings. The lowest BCUT2D eigenvalue weighted by Gasteiger charge is -2.18. The Balaban J connectivity index is 2.61. The van der Waals surface area contributed by atoms with Crippen molar-refractivity contribution in [3.05, 3.63) is 35.8 Å². The minimum atomic E-state index is 0.719. The van der Waals surface area contributed by atoms with Crippen molar-refractivity contribution in [1.29, 1.82) is 0 Å². The third-order valence-electron chi connectivity index (χ3n) is 2.82. The summed E-state index contributed by atoms with van der Waals surface area (Å²) in [5.74, 6) is 1.99. The Kier molecular flexibility index (Phi) is 6.72. The monoisotopic (exact) mass is 252 g/mol. The predicted octanol–water partition coefficient (Wildman–Crippen LogP) is 1.94. The van der Waals surface area contributed by atoms with Crippen molar-refractivity contribution >= 4 is 0 Å². The Labute approximate surface area is 110 Å². The predicted molar refractivity (Wildman–Crippen MR) is 73.6 cm³/mol. The molecule has 0 saturated carbocycles. The first-order valence-electron chi connectivity index (χ1n) is 6.26. The molecule has 18 heavy (non-hydrogen) atoms. The van der Waals surface area contributed by atoms with E-state index in [9.17, 15) is 0 Å². The van der Waals surface area contributed by atoms with E-state index < -0.39 is 0 Å². The highest BCUT2D eigenvalue weighted by molar-refractivity contribution is 5.20. The van der Waals surface area contributed by atoms with Gasteiger partial charge in [-0.1, -0.05) is 6.08 Å². The van der Waals surface area contributed by atoms with Gasteiger partial charge in [0.2, 0.25) is 0 Å². The Hall–Kier alpha value is -1.10. The van der Waals surface area contributed by atoms with Crippen LogP contribution in [0.5, 0.6) is 0 Å². The largest absolute Gasteiger partial charge is 0.465 e. The lowest BCUT2D eigenvalue weighted by atomic mass is 10.2. The maximum atomic E-state index is 5.77. The molecule has 0 aliphatic carbocycles. The molecule has 4 nitrogen and oxygen atoms in total. The zero-order chi connectivity index (χ0) is 13.4. The second kappa shape index (κ2) is 8.08. The summed E-state index contributed by atoms with van der Waals surface area (Å²) in [6, 6.07) is 2.12. The van der Waals surface area contributed by atoms with Gasteiger partial charge in [0.25, 0.3) is 0 Å². The molecule has 0 aliphatic heterocycles. The van der Waals surface area contributed by atoms with E-state index in [4.69, 9.17) is 9.15 Å². The zero-order valence-electron chi connectivity index (χ0n) is 11.7. The number of rotatable bonds is 9. The van der Waals surface area contributed by atoms with E-state index in [1.54, 1.807) is 7.11 Å². The van der Waals surface area contributed by atoms with Gasteiger partial charge < -0.3 is 14.5 Å². The van der Waals surface area contributed by atoms with Gasteiger partial charge in [-0.15, -0.1) is 6.58 Å². The van der Waals surface area contributed by atoms with Crippen LogP contribution in [0.1, 0.15) is 17.1 Å². The Morgan fingerprint density at radius 3 is 2.94 bits per heavy atom. The molecule has 0 spiro atoms. The molecule has 102 valence electrons. The molecule has 0 unspecified atom stereocenters. The highest BCUT2D eigenvalue weighted by Gasteiger charge is 2.10. The number of aryl methyl sites for hydroxylation is 1. The van der Waals surface area contributed by atoms with E-state index in [0.717, 1.165) is 44.3 Å². The molecule has 0 bridgehead atoms. The molecule has 0 saturated heterocycles. The van der Waals surface area contributed by atoms with Crippen LogP contribution in [0, 0.1) is 6.92 Å². The van der Waals surface area contributed by atoms with Gasteiger partial charge in [0, 0.05) is 32.3 Å². The van der Waals surface area contributed by atoms with E-state index in [0.29, 0.717) is 0 Å². The molecular formula is C14H24N2O2. The minimum absolute atomic E-state index is 0.719. The van der Waals surface area contributed by atoms with E-state index in [-0.39, 0.29) is 0 Å². The van der Waals surface area contributed by atoms with Crippen molar-refractivity contribution < 1.29 is 9.15 Å². The van der Waals surface area contributed by atoms with Crippen molar-refractivity contribution in [1.82, 2.24) is 10.2 Å². The van der Waals surface area contributed by atoms with E-state index in [2.05, 4.69) is 22.9 Å². The maximum absolute atomic E-state index is 5.77. The summed E-state index contributed by atoms with van der Waals surface area (Å²) in [5.41, 5.74) is 1.22. The smallest absolute Gasteiger partial charge is 0.118 e. The van der Waals surface area contributed by atoms with Gasteiger partial charge in [0.05, 0.1) is 13.2 Å². The molecule has 0 fully saturated rings. The summed E-state index contributed by atoms with van der Waals surface area (Å²) in [6.07, 6.45) is 1.90. The number of nitrogens with zero attached hydrogens (tertiary/aromatic N) is 1. The summed E-state index contributed by atoms with van der Waals surface area (Å²) in [4.78, 5) is 2.25. The molecule has 4 heteroatoms. The summed E-state index contributed by atoms with van der Waals surface area (Å²) >= 11 is 0. The second-order valence-electron chi connectivity index (χ2n) is 4.34. The topological polar surface area (TPSA) is 37.6 Å².